The van der Waals surface area contributed by atoms with E-state index in [9.17, 15) is 17.3 Å². The van der Waals surface area contributed by atoms with Gasteiger partial charge in [-0.05, 0) is 0 Å². The second-order valence-electron chi connectivity index (χ2n) is 2.76. The molecule has 1 rings (SSSR count). The molecular formula is C8H5BF4N-. The third-order valence-electron chi connectivity index (χ3n) is 1.72. The van der Waals surface area contributed by atoms with Crippen molar-refractivity contribution in [2.45, 2.75) is 6.42 Å². The molecule has 0 atom stereocenters. The maximum atomic E-state index is 12.9. The van der Waals surface area contributed by atoms with E-state index in [1.54, 1.807) is 6.07 Å². The van der Waals surface area contributed by atoms with Gasteiger partial charge in [0.25, 0.3) is 0 Å². The first-order valence-electron chi connectivity index (χ1n) is 3.80. The van der Waals surface area contributed by atoms with Gasteiger partial charge in [-0.15, -0.1) is 5.46 Å². The van der Waals surface area contributed by atoms with Gasteiger partial charge < -0.3 is 12.9 Å². The van der Waals surface area contributed by atoms with Crippen LogP contribution >= 0.6 is 0 Å². The van der Waals surface area contributed by atoms with Crippen molar-refractivity contribution in [2.75, 3.05) is 0 Å². The molecule has 0 aliphatic heterocycles. The van der Waals surface area contributed by atoms with Crippen LogP contribution in [0.25, 0.3) is 0 Å². The lowest BCUT2D eigenvalue weighted by Gasteiger charge is -2.15. The Hall–Kier alpha value is -1.51. The van der Waals surface area contributed by atoms with Gasteiger partial charge in [0.2, 0.25) is 0 Å². The van der Waals surface area contributed by atoms with Gasteiger partial charge in [-0.25, -0.2) is 4.39 Å². The standard InChI is InChI=1S/C8H5BF4N/c10-8-5-7(9(11,12)13)2-1-6(8)3-4-14/h1-2,5H,3H2/q-1. The molecule has 0 fully saturated rings. The van der Waals surface area contributed by atoms with E-state index in [1.807, 2.05) is 0 Å². The average Bonchev–Trinajstić information content (AvgIpc) is 2.07. The van der Waals surface area contributed by atoms with Crippen molar-refractivity contribution in [1.29, 1.82) is 5.26 Å². The highest BCUT2D eigenvalue weighted by Crippen LogP contribution is 2.12. The van der Waals surface area contributed by atoms with Gasteiger partial charge in [0.15, 0.2) is 0 Å². The first-order chi connectivity index (χ1) is 6.45. The lowest BCUT2D eigenvalue weighted by atomic mass is 9.79. The third-order valence-corrected chi connectivity index (χ3v) is 1.72. The van der Waals surface area contributed by atoms with Crippen LogP contribution in [0.4, 0.5) is 17.3 Å². The van der Waals surface area contributed by atoms with Crippen molar-refractivity contribution in [3.8, 4) is 6.07 Å². The van der Waals surface area contributed by atoms with Gasteiger partial charge in [-0.2, -0.15) is 5.26 Å². The Morgan fingerprint density at radius 1 is 1.29 bits per heavy atom. The Kier molecular flexibility index (Phi) is 2.80. The fourth-order valence-corrected chi connectivity index (χ4v) is 0.996. The molecule has 14 heavy (non-hydrogen) atoms. The minimum Gasteiger partial charge on any atom is -0.445 e. The van der Waals surface area contributed by atoms with E-state index in [4.69, 9.17) is 5.26 Å². The summed E-state index contributed by atoms with van der Waals surface area (Å²) in [6, 6.07) is 3.87. The second kappa shape index (κ2) is 3.70. The van der Waals surface area contributed by atoms with Crippen molar-refractivity contribution in [1.82, 2.24) is 0 Å². The number of hydrogen-bond acceptors (Lipinski definition) is 1. The van der Waals surface area contributed by atoms with Gasteiger partial charge in [0, 0.05) is 5.56 Å². The monoisotopic (exact) mass is 202 g/mol. The molecule has 0 unspecified atom stereocenters. The van der Waals surface area contributed by atoms with Crippen LogP contribution in [-0.2, 0) is 6.42 Å². The molecule has 0 aliphatic rings. The van der Waals surface area contributed by atoms with E-state index >= 15 is 0 Å². The van der Waals surface area contributed by atoms with Crippen LogP contribution in [0, 0.1) is 17.1 Å². The van der Waals surface area contributed by atoms with Crippen LogP contribution in [0.3, 0.4) is 0 Å². The van der Waals surface area contributed by atoms with Crippen LogP contribution in [0.2, 0.25) is 0 Å². The molecule has 0 N–H and O–H groups in total. The number of hydrogen-bond donors (Lipinski definition) is 0. The highest BCUT2D eigenvalue weighted by atomic mass is 19.4. The Bertz CT molecular complexity index is 380. The molecule has 1 nitrogen and oxygen atoms in total. The number of halogens is 4. The van der Waals surface area contributed by atoms with E-state index in [2.05, 4.69) is 0 Å². The van der Waals surface area contributed by atoms with Gasteiger partial charge >= 0.3 is 6.98 Å². The summed E-state index contributed by atoms with van der Waals surface area (Å²) in [5.74, 6) is -0.983. The molecule has 0 saturated heterocycles. The predicted octanol–water partition coefficient (Wildman–Crippen LogP) is 1.95. The fourth-order valence-electron chi connectivity index (χ4n) is 0.996. The Labute approximate surface area is 78.0 Å². The maximum Gasteiger partial charge on any atom is 0.509 e. The molecule has 0 saturated carbocycles. The molecule has 6 heteroatoms. The molecule has 0 amide bonds. The van der Waals surface area contributed by atoms with Crippen molar-refractivity contribution < 1.29 is 17.3 Å². The topological polar surface area (TPSA) is 23.8 Å². The summed E-state index contributed by atoms with van der Waals surface area (Å²) in [5, 5.41) is 8.24. The van der Waals surface area contributed by atoms with Gasteiger partial charge in [-0.3, -0.25) is 0 Å². The van der Waals surface area contributed by atoms with Crippen LogP contribution in [-0.4, -0.2) is 6.98 Å². The minimum absolute atomic E-state index is 0.0173. The molecule has 1 aromatic carbocycles. The predicted molar refractivity (Wildman–Crippen MR) is 44.4 cm³/mol. The summed E-state index contributed by atoms with van der Waals surface area (Å²) < 4.78 is 49.3. The van der Waals surface area contributed by atoms with E-state index in [-0.39, 0.29) is 12.0 Å². The lowest BCUT2D eigenvalue weighted by Crippen LogP contribution is -2.34. The number of rotatable bonds is 2. The normalized spacial score (nSPS) is 11.1. The number of nitriles is 1. The highest BCUT2D eigenvalue weighted by molar-refractivity contribution is 6.73. The van der Waals surface area contributed by atoms with E-state index in [1.165, 1.54) is 0 Å². The van der Waals surface area contributed by atoms with Crippen molar-refractivity contribution >= 4 is 12.4 Å². The van der Waals surface area contributed by atoms with Crippen molar-refractivity contribution in [2.24, 2.45) is 0 Å². The first-order valence-corrected chi connectivity index (χ1v) is 3.80. The molecule has 0 bridgehead atoms. The Morgan fingerprint density at radius 3 is 2.36 bits per heavy atom. The molecule has 0 heterocycles. The van der Waals surface area contributed by atoms with Crippen molar-refractivity contribution in [3.05, 3.63) is 29.6 Å². The summed E-state index contributed by atoms with van der Waals surface area (Å²) in [7, 11) is 0. The minimum atomic E-state index is -5.17. The molecule has 0 aromatic heterocycles. The lowest BCUT2D eigenvalue weighted by molar-refractivity contribution is 0.499. The summed E-state index contributed by atoms with van der Waals surface area (Å²) in [6.07, 6.45) is -0.225. The highest BCUT2D eigenvalue weighted by Gasteiger charge is 2.26. The fraction of sp³-hybridized carbons (Fsp3) is 0.125. The molecular weight excluding hydrogens is 197 g/mol. The van der Waals surface area contributed by atoms with E-state index < -0.39 is 18.3 Å². The van der Waals surface area contributed by atoms with Crippen LogP contribution < -0.4 is 5.46 Å². The summed E-state index contributed by atoms with van der Waals surface area (Å²) in [4.78, 5) is 0. The summed E-state index contributed by atoms with van der Waals surface area (Å²) in [5.41, 5.74) is -1.000. The second-order valence-corrected chi connectivity index (χ2v) is 2.76. The molecule has 74 valence electrons. The van der Waals surface area contributed by atoms with E-state index in [0.29, 0.717) is 6.07 Å². The zero-order valence-electron chi connectivity index (χ0n) is 6.98. The largest absolute Gasteiger partial charge is 0.509 e. The SMILES string of the molecule is N#CCc1ccc([B-](F)(F)F)cc1F. The first kappa shape index (κ1) is 10.6. The molecule has 0 spiro atoms. The van der Waals surface area contributed by atoms with Gasteiger partial charge in [0.1, 0.15) is 5.82 Å². The van der Waals surface area contributed by atoms with Gasteiger partial charge in [-0.1, -0.05) is 18.2 Å². The van der Waals surface area contributed by atoms with Crippen LogP contribution in [0.1, 0.15) is 5.56 Å². The zero-order chi connectivity index (χ0) is 10.8. The van der Waals surface area contributed by atoms with Crippen LogP contribution in [0.15, 0.2) is 18.2 Å². The third kappa shape index (κ3) is 2.25. The smallest absolute Gasteiger partial charge is 0.445 e. The Balaban J connectivity index is 3.08. The average molecular weight is 202 g/mol. The summed E-state index contributed by atoms with van der Waals surface area (Å²) >= 11 is 0. The molecule has 0 radical (unpaired) electrons. The van der Waals surface area contributed by atoms with Crippen molar-refractivity contribution in [3.63, 3.8) is 0 Å². The van der Waals surface area contributed by atoms with Gasteiger partial charge in [0.05, 0.1) is 12.5 Å². The summed E-state index contributed by atoms with van der Waals surface area (Å²) in [6.45, 7) is -5.17. The quantitative estimate of drug-likeness (QED) is 0.530. The van der Waals surface area contributed by atoms with Crippen LogP contribution in [0.5, 0.6) is 0 Å². The van der Waals surface area contributed by atoms with E-state index in [0.717, 1.165) is 12.1 Å². The Morgan fingerprint density at radius 2 is 1.93 bits per heavy atom. The maximum absolute atomic E-state index is 12.9. The number of nitrogens with zero attached hydrogens (tertiary/aromatic N) is 1. The molecule has 0 aliphatic carbocycles. The zero-order valence-corrected chi connectivity index (χ0v) is 6.98. The molecule has 1 aromatic rings. The number of benzene rings is 1.